The molecular formula is C89H100Cl2F4N10O23S14. The second kappa shape index (κ2) is 54.6. The standard InChI is InChI=1S/C33H29FN4O6S.C20H23FN2O6S.C15H15FN2O4S.C10H16FNO4.C10H9NO3S.CH4.2ClH.S4.S3.S2.H2S/c1-18(39)29-16-38(30-9-6-20(11-26(29)30)22-14-35-19(2)36-15-22)17-31(40)27-12-23(34)13-28(27)33(41)37-24-7-8-25-21(10-24)4-3-5-32(25)45(42,43)44;1-20(2,3)29-19(25)23-11-13(21)10-16(23)18(24)22-14-7-8-15-12(9-14)5-4-6-17(15)30(26,27)28;16-10-7-13(17-8-10)15(19)18-11-4-5-12-9(6-11)2-1-3-14(12)23(20,21)22;1-10(2,3)16-9(15)12-5-6(11)4-7(12)8(13)14;11-8-4-5-9-7(6-8)2-1-3-10(9)15(12,13)14;;;;1-3-4-2;1-3-2;1-2;/h3-11,14-16,23,27-28H,12-13,17H2,1-2H3,(H,37,41)(H,42,43,44);4-9,13,16H,10-11H2,1-3H3,(H,22,24)(H,26,27,28);1-6,10,13,17H,7-8H2,(H,18,19)(H,20,21,22);6-7H,4-5H2,1-3H3,(H,13,14);1-6H,11H2,(H,12,13,14);1H4;2*1H;;;;1H2/t23-,27?,28+;13-,16+;10-,13+;6-,7+;;;;;;;;/m0111......../s1. The van der Waals surface area contributed by atoms with Crippen LogP contribution in [0.3, 0.4) is 0 Å². The monoisotopic (exact) mass is 2270 g/mol. The molecule has 3 aliphatic heterocycles. The molecule has 0 radical (unpaired) electrons. The summed E-state index contributed by atoms with van der Waals surface area (Å²) in [6.45, 7) is 12.8. The number of carboxylic acids is 1. The van der Waals surface area contributed by atoms with E-state index in [1.807, 2.05) is 18.2 Å². The summed E-state index contributed by atoms with van der Waals surface area (Å²) >= 11 is 24.2. The Kier molecular flexibility index (Phi) is 47.9. The first kappa shape index (κ1) is 125. The molecular weight excluding hydrogens is 2170 g/mol. The van der Waals surface area contributed by atoms with E-state index in [0.717, 1.165) is 29.8 Å². The van der Waals surface area contributed by atoms with Crippen molar-refractivity contribution in [3.05, 3.63) is 194 Å². The lowest BCUT2D eigenvalue weighted by atomic mass is 9.91. The molecule has 5 heterocycles. The Balaban J connectivity index is 0.000000379. The number of Topliss-reactive ketones (excluding diaryl/α,β-unsaturated/α-hetero) is 2. The number of aryl methyl sites for hydroxylation is 1. The first-order chi connectivity index (χ1) is 64.6. The van der Waals surface area contributed by atoms with Crippen molar-refractivity contribution >= 4 is 297 Å². The largest absolute Gasteiger partial charge is 0.480 e. The molecule has 11 aromatic rings. The summed E-state index contributed by atoms with van der Waals surface area (Å²) in [6, 6.07) is 39.1. The number of anilines is 4. The van der Waals surface area contributed by atoms with Crippen LogP contribution in [0.4, 0.5) is 49.9 Å². The molecule has 3 saturated heterocycles. The van der Waals surface area contributed by atoms with E-state index in [1.165, 1.54) is 110 Å². The number of likely N-dealkylation sites (tertiary alicyclic amines) is 2. The van der Waals surface area contributed by atoms with Crippen LogP contribution in [0.1, 0.15) is 104 Å². The van der Waals surface area contributed by atoms with Crippen LogP contribution in [-0.2, 0) is 174 Å². The molecule has 4 fully saturated rings. The van der Waals surface area contributed by atoms with Gasteiger partial charge in [0, 0.05) is 210 Å². The van der Waals surface area contributed by atoms with Crippen LogP contribution >= 0.6 is 38.3 Å². The van der Waals surface area contributed by atoms with E-state index in [2.05, 4.69) is 98.4 Å². The maximum atomic E-state index is 14.7. The minimum Gasteiger partial charge on any atom is -0.480 e. The highest BCUT2D eigenvalue weighted by molar-refractivity contribution is 8.51. The Morgan fingerprint density at radius 1 is 0.500 bits per heavy atom. The van der Waals surface area contributed by atoms with E-state index in [-0.39, 0.29) is 152 Å². The molecule has 1 saturated carbocycles. The number of nitrogens with one attached hydrogen (secondary N) is 4. The van der Waals surface area contributed by atoms with Crippen molar-refractivity contribution < 1.29 is 122 Å². The quantitative estimate of drug-likeness (QED) is 0.0186. The Morgan fingerprint density at radius 3 is 1.26 bits per heavy atom. The molecule has 1 unspecified atom stereocenters. The fraction of sp³-hybridized carbons (Fsp3) is 0.326. The molecule has 0 spiro atoms. The average molecular weight is 2270 g/mol. The molecule has 9 aromatic carbocycles. The highest BCUT2D eigenvalue weighted by Gasteiger charge is 2.45. The molecule has 1 aliphatic carbocycles. The number of aromatic nitrogens is 3. The molecule has 770 valence electrons. The van der Waals surface area contributed by atoms with Gasteiger partial charge in [-0.25, -0.2) is 41.9 Å². The zero-order valence-electron chi connectivity index (χ0n) is 75.4. The van der Waals surface area contributed by atoms with E-state index in [1.54, 1.807) is 132 Å². The predicted octanol–water partition coefficient (Wildman–Crippen LogP) is 15.3. The number of rotatable bonds is 16. The van der Waals surface area contributed by atoms with Crippen LogP contribution in [0.25, 0.3) is 65.1 Å². The van der Waals surface area contributed by atoms with Gasteiger partial charge in [0.05, 0.1) is 31.6 Å². The third-order valence-corrected chi connectivity index (χ3v) is 26.9. The smallest absolute Gasteiger partial charge is 0.411 e. The fourth-order valence-corrected chi connectivity index (χ4v) is 18.0. The van der Waals surface area contributed by atoms with Gasteiger partial charge in [-0.05, 0) is 180 Å². The summed E-state index contributed by atoms with van der Waals surface area (Å²) in [6.07, 6.45) is -1.93. The molecule has 33 nitrogen and oxygen atoms in total. The normalized spacial score (nSPS) is 17.8. The fourth-order valence-electron chi connectivity index (χ4n) is 15.2. The highest BCUT2D eigenvalue weighted by Crippen LogP contribution is 2.39. The van der Waals surface area contributed by atoms with Crippen molar-refractivity contribution in [1.29, 1.82) is 0 Å². The second-order valence-electron chi connectivity index (χ2n) is 33.2. The number of carbonyl (C=O) groups excluding carboxylic acids is 7. The van der Waals surface area contributed by atoms with Crippen LogP contribution < -0.4 is 27.0 Å². The molecule has 2 aromatic heterocycles. The number of fused-ring (bicyclic) bond motifs is 5. The van der Waals surface area contributed by atoms with Crippen molar-refractivity contribution in [2.45, 2.75) is 175 Å². The van der Waals surface area contributed by atoms with Crippen molar-refractivity contribution in [1.82, 2.24) is 29.7 Å². The molecule has 53 heteroatoms. The van der Waals surface area contributed by atoms with Gasteiger partial charge in [0.25, 0.3) is 40.5 Å². The van der Waals surface area contributed by atoms with Gasteiger partial charge in [0.15, 0.2) is 11.6 Å². The number of aliphatic carboxylic acids is 1. The Hall–Kier alpha value is -9.57. The number of nitrogens with zero attached hydrogens (tertiary/aromatic N) is 5. The zero-order chi connectivity index (χ0) is 103. The SMILES string of the molecule is C.CC(=O)c1cn(CC(=O)C2C[C@H](F)C[C@H]2C(=O)Nc2ccc3c(S(=O)(=O)O)cccc3c2)c2ccc(-c3cnc(C)nc3)cc12.CC(C)(C)OC(=O)N1C[C@H](F)C[C@H]1C(=O)Nc1ccc2c(S(=O)(=O)O)cccc2c1.CC(C)(C)OC(=O)N1C[C@H](F)C[C@H]1C(=O)O.Cl.Cl.Nc1ccc2c(S(=O)(=O)O)cccc2c1.O=C(Nc1ccc2c(S(=O)(=O)O)cccc2c1)[C@@H]1C[C@@H](F)CN1.S.S=S.S=S=S.S=S=S=S. The molecule has 11 N–H and O–H groups in total. The van der Waals surface area contributed by atoms with Gasteiger partial charge in [-0.3, -0.25) is 52.0 Å². The number of carboxylic acid groups (broad SMARTS) is 1. The third-order valence-electron chi connectivity index (χ3n) is 21.0. The lowest BCUT2D eigenvalue weighted by Crippen LogP contribution is -2.45. The molecule has 142 heavy (non-hydrogen) atoms. The summed E-state index contributed by atoms with van der Waals surface area (Å²) in [7, 11) is -14.1. The van der Waals surface area contributed by atoms with Crippen molar-refractivity contribution in [2.75, 3.05) is 41.3 Å². The van der Waals surface area contributed by atoms with E-state index >= 15 is 0 Å². The van der Waals surface area contributed by atoms with E-state index in [0.29, 0.717) is 77.4 Å². The Morgan fingerprint density at radius 2 is 0.880 bits per heavy atom. The maximum absolute atomic E-state index is 14.7. The summed E-state index contributed by atoms with van der Waals surface area (Å²) < 4.78 is 195. The van der Waals surface area contributed by atoms with Crippen LogP contribution in [0.2, 0.25) is 0 Å². The van der Waals surface area contributed by atoms with Gasteiger partial charge < -0.3 is 46.1 Å². The van der Waals surface area contributed by atoms with Crippen LogP contribution in [0.15, 0.2) is 202 Å². The van der Waals surface area contributed by atoms with Crippen LogP contribution in [0, 0.1) is 18.8 Å². The van der Waals surface area contributed by atoms with E-state index < -0.39 is 136 Å². The predicted molar refractivity (Wildman–Crippen MR) is 568 cm³/mol. The summed E-state index contributed by atoms with van der Waals surface area (Å²) in [4.78, 5) is 109. The van der Waals surface area contributed by atoms with Gasteiger partial charge in [0.1, 0.15) is 73.4 Å². The zero-order valence-corrected chi connectivity index (χ0v) is 88.7. The number of halogens is 6. The number of alkyl halides is 4. The van der Waals surface area contributed by atoms with Gasteiger partial charge in [0.2, 0.25) is 17.7 Å². The first-order valence-corrected chi connectivity index (χ1v) is 54.7. The molecule has 9 atom stereocenters. The van der Waals surface area contributed by atoms with Crippen molar-refractivity contribution in [3.8, 4) is 11.1 Å². The highest BCUT2D eigenvalue weighted by atomic mass is 35.5. The maximum Gasteiger partial charge on any atom is 0.411 e. The van der Waals surface area contributed by atoms with Gasteiger partial charge in [-0.1, -0.05) is 86.3 Å². The molecule has 15 rings (SSSR count). The number of carbonyl (C=O) groups is 8. The average Bonchev–Trinajstić information content (AvgIpc) is 1.61. The topological polar surface area (TPSA) is 504 Å². The lowest BCUT2D eigenvalue weighted by Gasteiger charge is -2.27. The number of nitrogen functional groups attached to an aromatic ring is 1. The van der Waals surface area contributed by atoms with Gasteiger partial charge >= 0.3 is 18.2 Å². The summed E-state index contributed by atoms with van der Waals surface area (Å²) in [5.41, 5.74) is 8.45. The Bertz CT molecular complexity index is 7090. The minimum atomic E-state index is -4.45. The van der Waals surface area contributed by atoms with Crippen LogP contribution in [-0.4, -0.2) is 202 Å². The summed E-state index contributed by atoms with van der Waals surface area (Å²) in [5, 5.41) is 23.9. The number of hydrogen-bond acceptors (Lipinski definition) is 28. The Labute approximate surface area is 874 Å². The van der Waals surface area contributed by atoms with Crippen molar-refractivity contribution in [2.24, 2.45) is 11.8 Å². The second-order valence-corrected chi connectivity index (χ2v) is 44.1. The third kappa shape index (κ3) is 35.1. The van der Waals surface area contributed by atoms with E-state index in [4.69, 9.17) is 24.9 Å². The van der Waals surface area contributed by atoms with Gasteiger partial charge in [-0.2, -0.15) is 47.2 Å². The number of hydrogen-bond donors (Lipinski definition) is 10. The number of ether oxygens (including phenoxy) is 2. The molecule has 4 aliphatic rings. The summed E-state index contributed by atoms with van der Waals surface area (Å²) in [5.74, 6) is -4.31. The minimum absolute atomic E-state index is 0. The number of nitrogens with two attached hydrogens (primary N) is 1. The van der Waals surface area contributed by atoms with Crippen molar-refractivity contribution in [3.63, 3.8) is 0 Å². The lowest BCUT2D eigenvalue weighted by molar-refractivity contribution is -0.142. The molecule has 0 bridgehead atoms. The molecule has 5 amide bonds. The number of ketones is 2. The first-order valence-electron chi connectivity index (χ1n) is 40.9. The number of benzene rings is 9. The van der Waals surface area contributed by atoms with Crippen LogP contribution in [0.5, 0.6) is 0 Å². The van der Waals surface area contributed by atoms with Gasteiger partial charge in [-0.15, -0.1) is 24.8 Å². The van der Waals surface area contributed by atoms with E-state index in [9.17, 15) is 103 Å². The number of amides is 5.